The predicted molar refractivity (Wildman–Crippen MR) is 79.1 cm³/mol. The molecule has 0 aliphatic carbocycles. The van der Waals surface area contributed by atoms with Crippen molar-refractivity contribution in [1.82, 2.24) is 10.2 Å². The molecule has 1 fully saturated rings. The number of likely N-dealkylation sites (tertiary alicyclic amines) is 1. The molecule has 2 atom stereocenters. The molecule has 4 heteroatoms. The van der Waals surface area contributed by atoms with Gasteiger partial charge in [0.2, 0.25) is 0 Å². The van der Waals surface area contributed by atoms with E-state index in [1.165, 1.54) is 6.07 Å². The first-order valence-electron chi connectivity index (χ1n) is 7.58. The zero-order valence-corrected chi connectivity index (χ0v) is 12.2. The highest BCUT2D eigenvalue weighted by Crippen LogP contribution is 2.19. The normalized spacial score (nSPS) is 21.9. The van der Waals surface area contributed by atoms with Gasteiger partial charge in [0.05, 0.1) is 6.10 Å². The van der Waals surface area contributed by atoms with Crippen LogP contribution in [-0.4, -0.2) is 42.3 Å². The van der Waals surface area contributed by atoms with Gasteiger partial charge in [0.15, 0.2) is 0 Å². The van der Waals surface area contributed by atoms with Crippen molar-refractivity contribution in [1.29, 1.82) is 0 Å². The van der Waals surface area contributed by atoms with E-state index in [1.54, 1.807) is 12.1 Å². The van der Waals surface area contributed by atoms with E-state index in [9.17, 15) is 9.50 Å². The monoisotopic (exact) mass is 280 g/mol. The number of halogens is 1. The topological polar surface area (TPSA) is 35.5 Å². The van der Waals surface area contributed by atoms with Gasteiger partial charge in [0, 0.05) is 19.1 Å². The van der Waals surface area contributed by atoms with E-state index >= 15 is 0 Å². The molecule has 0 bridgehead atoms. The number of piperidine rings is 1. The van der Waals surface area contributed by atoms with E-state index in [4.69, 9.17) is 0 Å². The summed E-state index contributed by atoms with van der Waals surface area (Å²) in [5.41, 5.74) is 1.00. The molecule has 1 aromatic rings. The SMILES string of the molecule is CCNC(CCN1CCCC(O)C1)c1cccc(F)c1. The summed E-state index contributed by atoms with van der Waals surface area (Å²) in [6.45, 7) is 5.69. The molecule has 1 aromatic carbocycles. The first-order chi connectivity index (χ1) is 9.69. The molecular formula is C16H25FN2O. The fourth-order valence-electron chi connectivity index (χ4n) is 2.90. The second kappa shape index (κ2) is 7.72. The first kappa shape index (κ1) is 15.4. The maximum atomic E-state index is 13.3. The fourth-order valence-corrected chi connectivity index (χ4v) is 2.90. The molecule has 2 unspecified atom stereocenters. The number of benzene rings is 1. The van der Waals surface area contributed by atoms with Crippen LogP contribution in [0.2, 0.25) is 0 Å². The Morgan fingerprint density at radius 1 is 1.50 bits per heavy atom. The van der Waals surface area contributed by atoms with Crippen molar-refractivity contribution in [2.24, 2.45) is 0 Å². The average molecular weight is 280 g/mol. The fraction of sp³-hybridized carbons (Fsp3) is 0.625. The summed E-state index contributed by atoms with van der Waals surface area (Å²) < 4.78 is 13.3. The first-order valence-corrected chi connectivity index (χ1v) is 7.58. The van der Waals surface area contributed by atoms with Gasteiger partial charge in [-0.2, -0.15) is 0 Å². The summed E-state index contributed by atoms with van der Waals surface area (Å²) in [5.74, 6) is -0.182. The summed E-state index contributed by atoms with van der Waals surface area (Å²) in [6.07, 6.45) is 2.73. The van der Waals surface area contributed by atoms with Crippen LogP contribution in [0.25, 0.3) is 0 Å². The molecule has 0 saturated carbocycles. The Balaban J connectivity index is 1.92. The lowest BCUT2D eigenvalue weighted by molar-refractivity contribution is 0.0685. The van der Waals surface area contributed by atoms with Crippen LogP contribution in [-0.2, 0) is 0 Å². The van der Waals surface area contributed by atoms with Crippen molar-refractivity contribution in [3.8, 4) is 0 Å². The minimum atomic E-state index is -0.185. The van der Waals surface area contributed by atoms with Gasteiger partial charge in [-0.1, -0.05) is 19.1 Å². The standard InChI is InChI=1S/C16H25FN2O/c1-2-18-16(13-5-3-6-14(17)11-13)8-10-19-9-4-7-15(20)12-19/h3,5-6,11,15-16,18,20H,2,4,7-10,12H2,1H3. The molecule has 2 N–H and O–H groups in total. The second-order valence-electron chi connectivity index (χ2n) is 5.55. The Labute approximate surface area is 120 Å². The smallest absolute Gasteiger partial charge is 0.123 e. The van der Waals surface area contributed by atoms with E-state index in [-0.39, 0.29) is 18.0 Å². The number of β-amino-alcohol motifs (C(OH)–C–C–N with tert-alkyl or cyclic N) is 1. The largest absolute Gasteiger partial charge is 0.392 e. The van der Waals surface area contributed by atoms with Crippen molar-refractivity contribution < 1.29 is 9.50 Å². The van der Waals surface area contributed by atoms with Gasteiger partial charge >= 0.3 is 0 Å². The third-order valence-corrected chi connectivity index (χ3v) is 3.92. The minimum absolute atomic E-state index is 0.176. The third kappa shape index (κ3) is 4.54. The van der Waals surface area contributed by atoms with Gasteiger partial charge in [-0.05, 0) is 50.0 Å². The molecule has 112 valence electrons. The summed E-state index contributed by atoms with van der Waals surface area (Å²) >= 11 is 0. The highest BCUT2D eigenvalue weighted by molar-refractivity contribution is 5.20. The number of hydrogen-bond acceptors (Lipinski definition) is 3. The Hall–Kier alpha value is -0.970. The van der Waals surface area contributed by atoms with Crippen molar-refractivity contribution in [2.75, 3.05) is 26.2 Å². The molecule has 1 aliphatic heterocycles. The molecule has 20 heavy (non-hydrogen) atoms. The van der Waals surface area contributed by atoms with Crippen molar-refractivity contribution in [3.05, 3.63) is 35.6 Å². The van der Waals surface area contributed by atoms with Crippen molar-refractivity contribution >= 4 is 0 Å². The second-order valence-corrected chi connectivity index (χ2v) is 5.55. The zero-order valence-electron chi connectivity index (χ0n) is 12.2. The minimum Gasteiger partial charge on any atom is -0.392 e. The Bertz CT molecular complexity index is 413. The van der Waals surface area contributed by atoms with Crippen LogP contribution >= 0.6 is 0 Å². The van der Waals surface area contributed by atoms with Crippen LogP contribution < -0.4 is 5.32 Å². The van der Waals surface area contributed by atoms with Crippen molar-refractivity contribution in [2.45, 2.75) is 38.3 Å². The van der Waals surface area contributed by atoms with Crippen LogP contribution in [0.4, 0.5) is 4.39 Å². The highest BCUT2D eigenvalue weighted by Gasteiger charge is 2.19. The summed E-state index contributed by atoms with van der Waals surface area (Å²) in [4.78, 5) is 2.30. The molecule has 1 heterocycles. The van der Waals surface area contributed by atoms with Gasteiger partial charge in [-0.25, -0.2) is 4.39 Å². The maximum Gasteiger partial charge on any atom is 0.123 e. The van der Waals surface area contributed by atoms with Crippen LogP contribution in [0.5, 0.6) is 0 Å². The van der Waals surface area contributed by atoms with Gasteiger partial charge in [-0.3, -0.25) is 0 Å². The van der Waals surface area contributed by atoms with E-state index in [2.05, 4.69) is 17.1 Å². The lowest BCUT2D eigenvalue weighted by atomic mass is 10.0. The third-order valence-electron chi connectivity index (χ3n) is 3.92. The highest BCUT2D eigenvalue weighted by atomic mass is 19.1. The molecule has 0 spiro atoms. The summed E-state index contributed by atoms with van der Waals surface area (Å²) in [6, 6.07) is 7.00. The van der Waals surface area contributed by atoms with Gasteiger partial charge in [0.25, 0.3) is 0 Å². The average Bonchev–Trinajstić information content (AvgIpc) is 2.43. The zero-order chi connectivity index (χ0) is 14.4. The number of aliphatic hydroxyl groups is 1. The predicted octanol–water partition coefficient (Wildman–Crippen LogP) is 2.32. The van der Waals surface area contributed by atoms with E-state index in [0.717, 1.165) is 51.0 Å². The number of nitrogens with one attached hydrogen (secondary N) is 1. The van der Waals surface area contributed by atoms with Crippen LogP contribution in [0.15, 0.2) is 24.3 Å². The molecular weight excluding hydrogens is 255 g/mol. The quantitative estimate of drug-likeness (QED) is 0.839. The van der Waals surface area contributed by atoms with E-state index in [0.29, 0.717) is 0 Å². The maximum absolute atomic E-state index is 13.3. The number of aliphatic hydroxyl groups excluding tert-OH is 1. The van der Waals surface area contributed by atoms with Gasteiger partial charge < -0.3 is 15.3 Å². The summed E-state index contributed by atoms with van der Waals surface area (Å²) in [7, 11) is 0. The van der Waals surface area contributed by atoms with Crippen LogP contribution in [0.1, 0.15) is 37.8 Å². The molecule has 3 nitrogen and oxygen atoms in total. The lowest BCUT2D eigenvalue weighted by Crippen LogP contribution is -2.39. The van der Waals surface area contributed by atoms with Gasteiger partial charge in [-0.15, -0.1) is 0 Å². The Kier molecular flexibility index (Phi) is 5.95. The number of nitrogens with zero attached hydrogens (tertiary/aromatic N) is 1. The summed E-state index contributed by atoms with van der Waals surface area (Å²) in [5, 5.41) is 13.1. The Morgan fingerprint density at radius 2 is 2.35 bits per heavy atom. The lowest BCUT2D eigenvalue weighted by Gasteiger charge is -2.31. The van der Waals surface area contributed by atoms with E-state index < -0.39 is 0 Å². The van der Waals surface area contributed by atoms with Crippen LogP contribution in [0, 0.1) is 5.82 Å². The van der Waals surface area contributed by atoms with Crippen molar-refractivity contribution in [3.63, 3.8) is 0 Å². The molecule has 1 saturated heterocycles. The van der Waals surface area contributed by atoms with Gasteiger partial charge in [0.1, 0.15) is 5.82 Å². The Morgan fingerprint density at radius 3 is 3.05 bits per heavy atom. The van der Waals surface area contributed by atoms with Crippen LogP contribution in [0.3, 0.4) is 0 Å². The molecule has 0 amide bonds. The van der Waals surface area contributed by atoms with E-state index in [1.807, 2.05) is 6.07 Å². The molecule has 0 aromatic heterocycles. The number of rotatable bonds is 6. The molecule has 0 radical (unpaired) electrons. The molecule has 2 rings (SSSR count). The molecule has 1 aliphatic rings. The number of hydrogen-bond donors (Lipinski definition) is 2.